The Hall–Kier alpha value is -1.52. The smallest absolute Gasteiger partial charge is 0.224 e. The standard InChI is InChI=1S/C14H13Cl2N3O/c1-17-12-7-13(19-14(18-12)8-2-3-8)20-11-5-4-9(15)6-10(11)16/h4-8H,2-3H2,1H3,(H,17,18,19). The summed E-state index contributed by atoms with van der Waals surface area (Å²) in [5.74, 6) is 3.01. The van der Waals surface area contributed by atoms with Crippen LogP contribution < -0.4 is 10.1 Å². The average Bonchev–Trinajstić information content (AvgIpc) is 3.26. The van der Waals surface area contributed by atoms with E-state index in [9.17, 15) is 0 Å². The van der Waals surface area contributed by atoms with E-state index >= 15 is 0 Å². The Morgan fingerprint density at radius 1 is 1.20 bits per heavy atom. The second kappa shape index (κ2) is 5.46. The van der Waals surface area contributed by atoms with E-state index in [0.29, 0.717) is 27.6 Å². The maximum absolute atomic E-state index is 6.10. The van der Waals surface area contributed by atoms with Crippen molar-refractivity contribution in [2.45, 2.75) is 18.8 Å². The van der Waals surface area contributed by atoms with Crippen molar-refractivity contribution in [1.82, 2.24) is 9.97 Å². The van der Waals surface area contributed by atoms with Crippen LogP contribution in [0.1, 0.15) is 24.6 Å². The van der Waals surface area contributed by atoms with Gasteiger partial charge in [-0.15, -0.1) is 0 Å². The molecule has 0 unspecified atom stereocenters. The number of nitrogens with one attached hydrogen (secondary N) is 1. The second-order valence-corrected chi connectivity index (χ2v) is 5.49. The number of aromatic nitrogens is 2. The van der Waals surface area contributed by atoms with Crippen molar-refractivity contribution >= 4 is 29.0 Å². The molecule has 0 saturated heterocycles. The first-order chi connectivity index (χ1) is 9.65. The summed E-state index contributed by atoms with van der Waals surface area (Å²) in [6.07, 6.45) is 2.27. The van der Waals surface area contributed by atoms with Crippen LogP contribution in [0.25, 0.3) is 0 Å². The third-order valence-corrected chi connectivity index (χ3v) is 3.56. The van der Waals surface area contributed by atoms with Crippen molar-refractivity contribution in [3.8, 4) is 11.6 Å². The summed E-state index contributed by atoms with van der Waals surface area (Å²) in [5.41, 5.74) is 0. The van der Waals surface area contributed by atoms with Gasteiger partial charge in [0.15, 0.2) is 0 Å². The van der Waals surface area contributed by atoms with Gasteiger partial charge in [0.05, 0.1) is 5.02 Å². The van der Waals surface area contributed by atoms with Crippen LogP contribution >= 0.6 is 23.2 Å². The summed E-state index contributed by atoms with van der Waals surface area (Å²) < 4.78 is 5.74. The van der Waals surface area contributed by atoms with Gasteiger partial charge < -0.3 is 10.1 Å². The molecule has 6 heteroatoms. The molecule has 0 bridgehead atoms. The van der Waals surface area contributed by atoms with Crippen LogP contribution in [0.3, 0.4) is 0 Å². The molecule has 1 saturated carbocycles. The first-order valence-electron chi connectivity index (χ1n) is 6.35. The first-order valence-corrected chi connectivity index (χ1v) is 7.11. The number of rotatable bonds is 4. The molecule has 1 aromatic heterocycles. The lowest BCUT2D eigenvalue weighted by molar-refractivity contribution is 0.459. The van der Waals surface area contributed by atoms with Gasteiger partial charge in [0.25, 0.3) is 0 Å². The lowest BCUT2D eigenvalue weighted by Gasteiger charge is -2.10. The predicted octanol–water partition coefficient (Wildman–Crippen LogP) is 4.49. The minimum absolute atomic E-state index is 0.450. The van der Waals surface area contributed by atoms with E-state index < -0.39 is 0 Å². The highest BCUT2D eigenvalue weighted by molar-refractivity contribution is 6.35. The van der Waals surface area contributed by atoms with Gasteiger partial charge in [0, 0.05) is 24.1 Å². The van der Waals surface area contributed by atoms with Crippen molar-refractivity contribution in [2.24, 2.45) is 0 Å². The molecule has 1 aliphatic rings. The largest absolute Gasteiger partial charge is 0.437 e. The maximum Gasteiger partial charge on any atom is 0.224 e. The molecule has 20 heavy (non-hydrogen) atoms. The van der Waals surface area contributed by atoms with Crippen molar-refractivity contribution in [3.05, 3.63) is 40.1 Å². The SMILES string of the molecule is CNc1cc(Oc2ccc(Cl)cc2Cl)nc(C2CC2)n1. The topological polar surface area (TPSA) is 47.0 Å². The lowest BCUT2D eigenvalue weighted by Crippen LogP contribution is -2.01. The lowest BCUT2D eigenvalue weighted by atomic mass is 10.3. The Morgan fingerprint density at radius 3 is 2.65 bits per heavy atom. The summed E-state index contributed by atoms with van der Waals surface area (Å²) in [5, 5.41) is 4.04. The van der Waals surface area contributed by atoms with Gasteiger partial charge in [-0.2, -0.15) is 4.98 Å². The van der Waals surface area contributed by atoms with Crippen molar-refractivity contribution in [1.29, 1.82) is 0 Å². The highest BCUT2D eigenvalue weighted by Gasteiger charge is 2.27. The number of nitrogens with zero attached hydrogens (tertiary/aromatic N) is 2. The molecule has 0 spiro atoms. The van der Waals surface area contributed by atoms with Gasteiger partial charge in [-0.3, -0.25) is 0 Å². The molecule has 0 amide bonds. The summed E-state index contributed by atoms with van der Waals surface area (Å²) >= 11 is 12.0. The molecule has 1 fully saturated rings. The van der Waals surface area contributed by atoms with E-state index in [1.54, 1.807) is 24.3 Å². The molecular weight excluding hydrogens is 297 g/mol. The molecule has 2 aromatic rings. The van der Waals surface area contributed by atoms with Crippen LogP contribution in [0.4, 0.5) is 5.82 Å². The number of hydrogen-bond acceptors (Lipinski definition) is 4. The third kappa shape index (κ3) is 2.97. The monoisotopic (exact) mass is 309 g/mol. The van der Waals surface area contributed by atoms with E-state index in [-0.39, 0.29) is 0 Å². The minimum Gasteiger partial charge on any atom is -0.437 e. The van der Waals surface area contributed by atoms with Crippen molar-refractivity contribution in [2.75, 3.05) is 12.4 Å². The predicted molar refractivity (Wildman–Crippen MR) is 80.1 cm³/mol. The van der Waals surface area contributed by atoms with Crippen LogP contribution in [0, 0.1) is 0 Å². The first kappa shape index (κ1) is 13.5. The second-order valence-electron chi connectivity index (χ2n) is 4.65. The molecular formula is C14H13Cl2N3O. The van der Waals surface area contributed by atoms with Gasteiger partial charge >= 0.3 is 0 Å². The molecule has 0 radical (unpaired) electrons. The molecule has 1 aromatic carbocycles. The molecule has 0 aliphatic heterocycles. The number of anilines is 1. The zero-order chi connectivity index (χ0) is 14.1. The van der Waals surface area contributed by atoms with Crippen LogP contribution in [-0.2, 0) is 0 Å². The van der Waals surface area contributed by atoms with Crippen LogP contribution in [0.2, 0.25) is 10.0 Å². The number of hydrogen-bond donors (Lipinski definition) is 1. The van der Waals surface area contributed by atoms with Crippen LogP contribution in [-0.4, -0.2) is 17.0 Å². The number of halogens is 2. The summed E-state index contributed by atoms with van der Waals surface area (Å²) in [7, 11) is 1.82. The minimum atomic E-state index is 0.450. The van der Waals surface area contributed by atoms with E-state index in [2.05, 4.69) is 15.3 Å². The number of ether oxygens (including phenoxy) is 1. The summed E-state index contributed by atoms with van der Waals surface area (Å²) in [6, 6.07) is 6.84. The molecule has 4 nitrogen and oxygen atoms in total. The summed E-state index contributed by atoms with van der Waals surface area (Å²) in [6.45, 7) is 0. The molecule has 3 rings (SSSR count). The Morgan fingerprint density at radius 2 is 2.00 bits per heavy atom. The van der Waals surface area contributed by atoms with Crippen molar-refractivity contribution < 1.29 is 4.74 Å². The molecule has 0 atom stereocenters. The molecule has 104 valence electrons. The van der Waals surface area contributed by atoms with E-state index in [1.807, 2.05) is 7.05 Å². The molecule has 1 aliphatic carbocycles. The fourth-order valence-electron chi connectivity index (χ4n) is 1.82. The summed E-state index contributed by atoms with van der Waals surface area (Å²) in [4.78, 5) is 8.87. The van der Waals surface area contributed by atoms with E-state index in [1.165, 1.54) is 0 Å². The molecule has 1 heterocycles. The number of benzene rings is 1. The van der Waals surface area contributed by atoms with Gasteiger partial charge in [-0.1, -0.05) is 23.2 Å². The van der Waals surface area contributed by atoms with Gasteiger partial charge in [-0.05, 0) is 31.0 Å². The van der Waals surface area contributed by atoms with Gasteiger partial charge in [0.1, 0.15) is 17.4 Å². The zero-order valence-electron chi connectivity index (χ0n) is 10.9. The fraction of sp³-hybridized carbons (Fsp3) is 0.286. The Kier molecular flexibility index (Phi) is 3.68. The third-order valence-electron chi connectivity index (χ3n) is 3.03. The van der Waals surface area contributed by atoms with E-state index in [4.69, 9.17) is 27.9 Å². The zero-order valence-corrected chi connectivity index (χ0v) is 12.4. The van der Waals surface area contributed by atoms with Crippen LogP contribution in [0.5, 0.6) is 11.6 Å². The highest BCUT2D eigenvalue weighted by atomic mass is 35.5. The Labute approximate surface area is 127 Å². The quantitative estimate of drug-likeness (QED) is 0.903. The molecule has 1 N–H and O–H groups in total. The Balaban J connectivity index is 1.91. The van der Waals surface area contributed by atoms with Crippen molar-refractivity contribution in [3.63, 3.8) is 0 Å². The van der Waals surface area contributed by atoms with Gasteiger partial charge in [0.2, 0.25) is 5.88 Å². The highest BCUT2D eigenvalue weighted by Crippen LogP contribution is 2.39. The normalized spacial score (nSPS) is 14.2. The van der Waals surface area contributed by atoms with Gasteiger partial charge in [-0.25, -0.2) is 4.98 Å². The van der Waals surface area contributed by atoms with E-state index in [0.717, 1.165) is 24.5 Å². The fourth-order valence-corrected chi connectivity index (χ4v) is 2.26. The Bertz CT molecular complexity index is 644. The average molecular weight is 310 g/mol. The maximum atomic E-state index is 6.10. The van der Waals surface area contributed by atoms with Crippen LogP contribution in [0.15, 0.2) is 24.3 Å².